The number of thioether (sulfide) groups is 1. The van der Waals surface area contributed by atoms with E-state index in [2.05, 4.69) is 16.0 Å². The predicted octanol–water partition coefficient (Wildman–Crippen LogP) is 2.99. The third-order valence-electron chi connectivity index (χ3n) is 3.82. The highest BCUT2D eigenvalue weighted by Crippen LogP contribution is 2.41. The molecule has 3 rings (SSSR count). The van der Waals surface area contributed by atoms with Crippen molar-refractivity contribution in [3.05, 3.63) is 30.1 Å². The molecule has 0 bridgehead atoms. The van der Waals surface area contributed by atoms with E-state index in [0.29, 0.717) is 18.4 Å². The SMILES string of the molecule is O=C1CCSC(c2cccnc2)N1C1CCCC1. The summed E-state index contributed by atoms with van der Waals surface area (Å²) in [5.41, 5.74) is 1.17. The molecule has 4 heteroatoms. The second-order valence-corrected chi connectivity index (χ2v) is 6.19. The summed E-state index contributed by atoms with van der Waals surface area (Å²) in [7, 11) is 0. The van der Waals surface area contributed by atoms with Gasteiger partial charge < -0.3 is 4.90 Å². The Balaban J connectivity index is 1.87. The number of hydrogen-bond acceptors (Lipinski definition) is 3. The van der Waals surface area contributed by atoms with E-state index in [1.54, 1.807) is 6.20 Å². The van der Waals surface area contributed by atoms with Crippen LogP contribution < -0.4 is 0 Å². The Morgan fingerprint density at radius 2 is 2.17 bits per heavy atom. The lowest BCUT2D eigenvalue weighted by molar-refractivity contribution is -0.134. The van der Waals surface area contributed by atoms with Crippen molar-refractivity contribution in [2.24, 2.45) is 0 Å². The highest BCUT2D eigenvalue weighted by Gasteiger charge is 2.36. The van der Waals surface area contributed by atoms with Crippen LogP contribution in [0.5, 0.6) is 0 Å². The molecule has 0 spiro atoms. The fourth-order valence-corrected chi connectivity index (χ4v) is 4.25. The molecule has 0 N–H and O–H groups in total. The van der Waals surface area contributed by atoms with Crippen LogP contribution in [-0.2, 0) is 4.79 Å². The minimum absolute atomic E-state index is 0.183. The Bertz CT molecular complexity index is 417. The molecular weight excluding hydrogens is 244 g/mol. The quantitative estimate of drug-likeness (QED) is 0.821. The molecule has 1 aromatic heterocycles. The molecule has 1 aliphatic carbocycles. The van der Waals surface area contributed by atoms with Crippen molar-refractivity contribution < 1.29 is 4.79 Å². The third kappa shape index (κ3) is 2.26. The van der Waals surface area contributed by atoms with Crippen LogP contribution in [0, 0.1) is 0 Å². The van der Waals surface area contributed by atoms with E-state index in [4.69, 9.17) is 0 Å². The first-order valence-corrected chi connectivity index (χ1v) is 7.74. The highest BCUT2D eigenvalue weighted by molar-refractivity contribution is 7.99. The molecule has 3 nitrogen and oxygen atoms in total. The van der Waals surface area contributed by atoms with Crippen LogP contribution in [0.25, 0.3) is 0 Å². The van der Waals surface area contributed by atoms with E-state index < -0.39 is 0 Å². The Morgan fingerprint density at radius 1 is 1.33 bits per heavy atom. The number of rotatable bonds is 2. The average Bonchev–Trinajstić information content (AvgIpc) is 2.93. The second-order valence-electron chi connectivity index (χ2n) is 5.00. The van der Waals surface area contributed by atoms with Gasteiger partial charge in [0.2, 0.25) is 5.91 Å². The van der Waals surface area contributed by atoms with E-state index in [-0.39, 0.29) is 5.37 Å². The normalized spacial score (nSPS) is 25.7. The monoisotopic (exact) mass is 262 g/mol. The van der Waals surface area contributed by atoms with Crippen molar-refractivity contribution >= 4 is 17.7 Å². The number of aromatic nitrogens is 1. The largest absolute Gasteiger partial charge is 0.324 e. The maximum Gasteiger partial charge on any atom is 0.224 e. The summed E-state index contributed by atoms with van der Waals surface area (Å²) in [4.78, 5) is 18.6. The summed E-state index contributed by atoms with van der Waals surface area (Å²) in [6, 6.07) is 4.50. The Kier molecular flexibility index (Phi) is 3.55. The van der Waals surface area contributed by atoms with Crippen LogP contribution in [0.4, 0.5) is 0 Å². The van der Waals surface area contributed by atoms with Gasteiger partial charge in [0.15, 0.2) is 0 Å². The molecule has 0 radical (unpaired) electrons. The van der Waals surface area contributed by atoms with Gasteiger partial charge in [-0.3, -0.25) is 9.78 Å². The van der Waals surface area contributed by atoms with Crippen LogP contribution in [0.2, 0.25) is 0 Å². The maximum absolute atomic E-state index is 12.3. The minimum atomic E-state index is 0.183. The highest BCUT2D eigenvalue weighted by atomic mass is 32.2. The van der Waals surface area contributed by atoms with E-state index in [1.807, 2.05) is 24.0 Å². The fourth-order valence-electron chi connectivity index (χ4n) is 2.95. The van der Waals surface area contributed by atoms with Gasteiger partial charge in [-0.15, -0.1) is 11.8 Å². The number of amides is 1. The van der Waals surface area contributed by atoms with Gasteiger partial charge in [0.1, 0.15) is 5.37 Å². The van der Waals surface area contributed by atoms with Crippen LogP contribution in [-0.4, -0.2) is 27.6 Å². The van der Waals surface area contributed by atoms with Crippen molar-refractivity contribution in [1.82, 2.24) is 9.88 Å². The lowest BCUT2D eigenvalue weighted by atomic mass is 10.1. The molecule has 1 amide bonds. The molecule has 1 aliphatic heterocycles. The van der Waals surface area contributed by atoms with Gasteiger partial charge in [0.25, 0.3) is 0 Å². The molecule has 2 aliphatic rings. The standard InChI is InChI=1S/C14H18N2OS/c17-13-7-9-18-14(11-4-3-8-15-10-11)16(13)12-5-1-2-6-12/h3-4,8,10,12,14H,1-2,5-7,9H2. The number of carbonyl (C=O) groups is 1. The first-order valence-electron chi connectivity index (χ1n) is 6.69. The Morgan fingerprint density at radius 3 is 2.89 bits per heavy atom. The lowest BCUT2D eigenvalue weighted by Gasteiger charge is -2.39. The molecule has 2 fully saturated rings. The molecule has 2 heterocycles. The summed E-state index contributed by atoms with van der Waals surface area (Å²) >= 11 is 1.88. The van der Waals surface area contributed by atoms with Gasteiger partial charge in [-0.1, -0.05) is 18.9 Å². The first kappa shape index (κ1) is 12.0. The zero-order valence-electron chi connectivity index (χ0n) is 10.4. The molecule has 1 aromatic rings. The Hall–Kier alpha value is -1.03. The molecule has 1 unspecified atom stereocenters. The van der Waals surface area contributed by atoms with Gasteiger partial charge in [-0.2, -0.15) is 0 Å². The van der Waals surface area contributed by atoms with Crippen molar-refractivity contribution in [3.63, 3.8) is 0 Å². The van der Waals surface area contributed by atoms with E-state index in [9.17, 15) is 4.79 Å². The van der Waals surface area contributed by atoms with Gasteiger partial charge in [-0.25, -0.2) is 0 Å². The summed E-state index contributed by atoms with van der Waals surface area (Å²) in [5.74, 6) is 1.26. The molecule has 18 heavy (non-hydrogen) atoms. The number of pyridine rings is 1. The van der Waals surface area contributed by atoms with Crippen LogP contribution in [0.15, 0.2) is 24.5 Å². The topological polar surface area (TPSA) is 33.2 Å². The zero-order valence-corrected chi connectivity index (χ0v) is 11.2. The smallest absolute Gasteiger partial charge is 0.224 e. The summed E-state index contributed by atoms with van der Waals surface area (Å²) in [5, 5.41) is 0.183. The third-order valence-corrected chi connectivity index (χ3v) is 5.07. The van der Waals surface area contributed by atoms with Crippen LogP contribution in [0.3, 0.4) is 0 Å². The van der Waals surface area contributed by atoms with Gasteiger partial charge in [0.05, 0.1) is 0 Å². The molecule has 1 atom stereocenters. The van der Waals surface area contributed by atoms with Gasteiger partial charge in [-0.05, 0) is 18.9 Å². The Labute approximate surface area is 112 Å². The van der Waals surface area contributed by atoms with Crippen molar-refractivity contribution in [2.75, 3.05) is 5.75 Å². The molecule has 1 saturated carbocycles. The summed E-state index contributed by atoms with van der Waals surface area (Å²) in [6.45, 7) is 0. The van der Waals surface area contributed by atoms with Crippen molar-refractivity contribution in [3.8, 4) is 0 Å². The number of hydrogen-bond donors (Lipinski definition) is 0. The minimum Gasteiger partial charge on any atom is -0.324 e. The maximum atomic E-state index is 12.3. The van der Waals surface area contributed by atoms with Crippen LogP contribution in [0.1, 0.15) is 43.0 Å². The molecule has 96 valence electrons. The van der Waals surface area contributed by atoms with Crippen molar-refractivity contribution in [2.45, 2.75) is 43.5 Å². The van der Waals surface area contributed by atoms with E-state index in [1.165, 1.54) is 31.2 Å². The van der Waals surface area contributed by atoms with E-state index >= 15 is 0 Å². The molecule has 1 saturated heterocycles. The predicted molar refractivity (Wildman–Crippen MR) is 73.2 cm³/mol. The zero-order chi connectivity index (χ0) is 12.4. The second kappa shape index (κ2) is 5.31. The molecular formula is C14H18N2OS. The first-order chi connectivity index (χ1) is 8.86. The fraction of sp³-hybridized carbons (Fsp3) is 0.571. The lowest BCUT2D eigenvalue weighted by Crippen LogP contribution is -2.43. The summed E-state index contributed by atoms with van der Waals surface area (Å²) < 4.78 is 0. The molecule has 0 aromatic carbocycles. The van der Waals surface area contributed by atoms with Gasteiger partial charge >= 0.3 is 0 Å². The van der Waals surface area contributed by atoms with Crippen LogP contribution >= 0.6 is 11.8 Å². The number of carbonyl (C=O) groups excluding carboxylic acids is 1. The average molecular weight is 262 g/mol. The van der Waals surface area contributed by atoms with E-state index in [0.717, 1.165) is 5.75 Å². The summed E-state index contributed by atoms with van der Waals surface area (Å²) in [6.07, 6.45) is 9.25. The number of nitrogens with zero attached hydrogens (tertiary/aromatic N) is 2. The van der Waals surface area contributed by atoms with Crippen molar-refractivity contribution in [1.29, 1.82) is 0 Å². The van der Waals surface area contributed by atoms with Gasteiger partial charge in [0, 0.05) is 36.2 Å².